The minimum absolute atomic E-state index is 0.100. The van der Waals surface area contributed by atoms with Gasteiger partial charge in [-0.15, -0.1) is 0 Å². The molecule has 3 aromatic rings. The molecule has 1 N–H and O–H groups in total. The van der Waals surface area contributed by atoms with Gasteiger partial charge in [-0.3, -0.25) is 4.79 Å². The fraction of sp³-hybridized carbons (Fsp3) is 0.367. The van der Waals surface area contributed by atoms with Crippen LogP contribution >= 0.6 is 0 Å². The molecule has 0 spiro atoms. The molecule has 1 amide bonds. The zero-order valence-corrected chi connectivity index (χ0v) is 21.2. The summed E-state index contributed by atoms with van der Waals surface area (Å²) < 4.78 is 0. The minimum Gasteiger partial charge on any atom is -0.478 e. The molecule has 6 heteroatoms. The van der Waals surface area contributed by atoms with Crippen molar-refractivity contribution in [2.75, 3.05) is 24.5 Å². The smallest absolute Gasteiger partial charge is 0.335 e. The predicted octanol–water partition coefficient (Wildman–Crippen LogP) is 6.05. The highest BCUT2D eigenvalue weighted by atomic mass is 16.4. The van der Waals surface area contributed by atoms with E-state index in [9.17, 15) is 14.7 Å². The van der Waals surface area contributed by atoms with Gasteiger partial charge in [-0.25, -0.2) is 9.78 Å². The average Bonchev–Trinajstić information content (AvgIpc) is 2.92. The van der Waals surface area contributed by atoms with E-state index < -0.39 is 5.97 Å². The van der Waals surface area contributed by atoms with Crippen LogP contribution in [0.25, 0.3) is 11.3 Å². The Balaban J connectivity index is 1.70. The van der Waals surface area contributed by atoms with Gasteiger partial charge in [-0.2, -0.15) is 0 Å². The normalized spacial score (nSPS) is 12.8. The minimum atomic E-state index is -1.05. The lowest BCUT2D eigenvalue weighted by Crippen LogP contribution is -2.36. The summed E-state index contributed by atoms with van der Waals surface area (Å²) in [6, 6.07) is 18.8. The van der Waals surface area contributed by atoms with Crippen molar-refractivity contribution in [1.82, 2.24) is 9.88 Å². The average molecular weight is 486 g/mol. The van der Waals surface area contributed by atoms with E-state index in [1.807, 2.05) is 35.2 Å². The molecule has 0 aliphatic carbocycles. The van der Waals surface area contributed by atoms with Crippen molar-refractivity contribution >= 4 is 17.7 Å². The van der Waals surface area contributed by atoms with Gasteiger partial charge in [0.1, 0.15) is 5.82 Å². The van der Waals surface area contributed by atoms with Gasteiger partial charge in [0, 0.05) is 37.3 Å². The Bertz CT molecular complexity index is 1220. The van der Waals surface area contributed by atoms with Crippen molar-refractivity contribution in [3.8, 4) is 11.3 Å². The number of aromatic carboxylic acids is 1. The molecule has 1 aliphatic rings. The molecule has 0 saturated heterocycles. The number of carbonyl (C=O) groups is 2. The molecule has 188 valence electrons. The summed E-state index contributed by atoms with van der Waals surface area (Å²) in [5.41, 5.74) is 4.22. The Morgan fingerprint density at radius 3 is 2.36 bits per heavy atom. The summed E-state index contributed by atoms with van der Waals surface area (Å²) in [6.45, 7) is 7.35. The third-order valence-corrected chi connectivity index (χ3v) is 6.81. The summed E-state index contributed by atoms with van der Waals surface area (Å²) in [4.78, 5) is 34.6. The van der Waals surface area contributed by atoms with E-state index in [1.165, 1.54) is 11.6 Å². The van der Waals surface area contributed by atoms with Gasteiger partial charge in [0.25, 0.3) is 5.91 Å². The number of fused-ring (bicyclic) bond motifs is 1. The molecule has 0 atom stereocenters. The van der Waals surface area contributed by atoms with E-state index in [2.05, 4.69) is 30.9 Å². The van der Waals surface area contributed by atoms with Gasteiger partial charge >= 0.3 is 5.97 Å². The molecule has 0 fully saturated rings. The first-order valence-electron chi connectivity index (χ1n) is 13.0. The summed E-state index contributed by atoms with van der Waals surface area (Å²) >= 11 is 0. The lowest BCUT2D eigenvalue weighted by molar-refractivity contribution is 0.0697. The Morgan fingerprint density at radius 1 is 0.944 bits per heavy atom. The van der Waals surface area contributed by atoms with Crippen LogP contribution in [0.15, 0.2) is 60.7 Å². The van der Waals surface area contributed by atoms with E-state index in [-0.39, 0.29) is 11.5 Å². The first kappa shape index (κ1) is 25.4. The van der Waals surface area contributed by atoms with E-state index >= 15 is 0 Å². The number of aromatic nitrogens is 1. The number of nitrogens with zero attached hydrogens (tertiary/aromatic N) is 3. The summed E-state index contributed by atoms with van der Waals surface area (Å²) in [6.07, 6.45) is 5.17. The highest BCUT2D eigenvalue weighted by Gasteiger charge is 2.25. The van der Waals surface area contributed by atoms with Crippen molar-refractivity contribution in [3.05, 3.63) is 82.9 Å². The largest absolute Gasteiger partial charge is 0.478 e. The zero-order chi connectivity index (χ0) is 25.5. The second-order valence-electron chi connectivity index (χ2n) is 9.39. The molecule has 2 aromatic carbocycles. The van der Waals surface area contributed by atoms with Gasteiger partial charge in [-0.1, -0.05) is 63.1 Å². The van der Waals surface area contributed by atoms with Crippen LogP contribution in [-0.2, 0) is 13.0 Å². The molecule has 0 saturated carbocycles. The number of hydrogen-bond donors (Lipinski definition) is 1. The van der Waals surface area contributed by atoms with E-state index in [4.69, 9.17) is 4.98 Å². The Hall–Kier alpha value is -3.67. The number of carbonyl (C=O) groups excluding carboxylic acids is 1. The molecule has 4 rings (SSSR count). The van der Waals surface area contributed by atoms with Gasteiger partial charge in [-0.05, 0) is 54.7 Å². The van der Waals surface area contributed by atoms with Crippen LogP contribution in [0.1, 0.15) is 71.4 Å². The maximum absolute atomic E-state index is 13.8. The van der Waals surface area contributed by atoms with Crippen LogP contribution in [0.3, 0.4) is 0 Å². The highest BCUT2D eigenvalue weighted by molar-refractivity contribution is 6.03. The van der Waals surface area contributed by atoms with E-state index in [1.54, 1.807) is 12.1 Å². The van der Waals surface area contributed by atoms with Crippen LogP contribution in [0.2, 0.25) is 0 Å². The van der Waals surface area contributed by atoms with Crippen LogP contribution in [0, 0.1) is 0 Å². The molecule has 0 bridgehead atoms. The first-order valence-corrected chi connectivity index (χ1v) is 13.0. The van der Waals surface area contributed by atoms with Gasteiger partial charge in [0.05, 0.1) is 11.3 Å². The van der Waals surface area contributed by atoms with Crippen molar-refractivity contribution < 1.29 is 14.7 Å². The van der Waals surface area contributed by atoms with Gasteiger partial charge in [0.2, 0.25) is 0 Å². The van der Waals surface area contributed by atoms with Gasteiger partial charge < -0.3 is 14.9 Å². The molecule has 0 unspecified atom stereocenters. The Labute approximate surface area is 213 Å². The summed E-state index contributed by atoms with van der Waals surface area (Å²) in [5.74, 6) is -0.322. The van der Waals surface area contributed by atoms with Crippen LogP contribution in [0.4, 0.5) is 5.82 Å². The second kappa shape index (κ2) is 11.8. The van der Waals surface area contributed by atoms with Crippen molar-refractivity contribution in [2.24, 2.45) is 0 Å². The van der Waals surface area contributed by atoms with E-state index in [0.717, 1.165) is 56.6 Å². The molecule has 0 radical (unpaired) electrons. The standard InChI is InChI=1S/C30H35N3O3/c1-3-5-17-32(18-6-4-2)28-13-9-12-27(31-28)25-15-14-23(30(35)36)20-26(25)29(34)33-19-16-22-10-7-8-11-24(22)21-33/h7-15,20H,3-6,16-19,21H2,1-2H3,(H,35,36). The molecule has 36 heavy (non-hydrogen) atoms. The third kappa shape index (κ3) is 5.76. The first-order chi connectivity index (χ1) is 17.5. The number of amides is 1. The number of carboxylic acids is 1. The molecule has 6 nitrogen and oxygen atoms in total. The molecule has 1 aromatic heterocycles. The molecule has 2 heterocycles. The fourth-order valence-corrected chi connectivity index (χ4v) is 4.71. The molecular weight excluding hydrogens is 450 g/mol. The SMILES string of the molecule is CCCCN(CCCC)c1cccc(-c2ccc(C(=O)O)cc2C(=O)N2CCc3ccccc3C2)n1. The molecular formula is C30H35N3O3. The fourth-order valence-electron chi connectivity index (χ4n) is 4.71. The number of benzene rings is 2. The molecule has 1 aliphatic heterocycles. The highest BCUT2D eigenvalue weighted by Crippen LogP contribution is 2.29. The van der Waals surface area contributed by atoms with Crippen molar-refractivity contribution in [3.63, 3.8) is 0 Å². The van der Waals surface area contributed by atoms with Crippen molar-refractivity contribution in [1.29, 1.82) is 0 Å². The maximum atomic E-state index is 13.8. The Morgan fingerprint density at radius 2 is 1.67 bits per heavy atom. The van der Waals surface area contributed by atoms with Crippen molar-refractivity contribution in [2.45, 2.75) is 52.5 Å². The lowest BCUT2D eigenvalue weighted by atomic mass is 9.96. The second-order valence-corrected chi connectivity index (χ2v) is 9.39. The number of pyridine rings is 1. The quantitative estimate of drug-likeness (QED) is 0.378. The van der Waals surface area contributed by atoms with Gasteiger partial charge in [0.15, 0.2) is 0 Å². The Kier molecular flexibility index (Phi) is 8.36. The number of unbranched alkanes of at least 4 members (excludes halogenated alkanes) is 2. The summed E-state index contributed by atoms with van der Waals surface area (Å²) in [7, 11) is 0. The maximum Gasteiger partial charge on any atom is 0.335 e. The zero-order valence-electron chi connectivity index (χ0n) is 21.2. The van der Waals surface area contributed by atoms with Crippen LogP contribution < -0.4 is 4.90 Å². The number of rotatable bonds is 10. The lowest BCUT2D eigenvalue weighted by Gasteiger charge is -2.29. The monoisotopic (exact) mass is 485 g/mol. The van der Waals surface area contributed by atoms with E-state index in [0.29, 0.717) is 29.9 Å². The number of anilines is 1. The third-order valence-electron chi connectivity index (χ3n) is 6.81. The predicted molar refractivity (Wildman–Crippen MR) is 144 cm³/mol. The van der Waals surface area contributed by atoms with Crippen LogP contribution in [-0.4, -0.2) is 46.5 Å². The van der Waals surface area contributed by atoms with Crippen LogP contribution in [0.5, 0.6) is 0 Å². The number of hydrogen-bond acceptors (Lipinski definition) is 4. The number of carboxylic acid groups (broad SMARTS) is 1. The topological polar surface area (TPSA) is 73.7 Å². The summed E-state index contributed by atoms with van der Waals surface area (Å²) in [5, 5.41) is 9.63.